The SMILES string of the molecule is CCc1cnc(N2C[C@H]3CN(C(=O)C4CCCC4)C[C@@]3(C(=O)O)C2)nc1. The molecular weight excluding hydrogens is 332 g/mol. The molecule has 0 unspecified atom stereocenters. The molecule has 1 N–H and O–H groups in total. The molecule has 2 aliphatic heterocycles. The lowest BCUT2D eigenvalue weighted by molar-refractivity contribution is -0.148. The summed E-state index contributed by atoms with van der Waals surface area (Å²) < 4.78 is 0. The molecule has 1 aromatic rings. The lowest BCUT2D eigenvalue weighted by atomic mass is 9.81. The number of carboxylic acid groups (broad SMARTS) is 1. The second kappa shape index (κ2) is 6.52. The number of aliphatic carboxylic acids is 1. The van der Waals surface area contributed by atoms with Crippen LogP contribution in [0.5, 0.6) is 0 Å². The second-order valence-corrected chi connectivity index (χ2v) is 7.98. The molecule has 2 saturated heterocycles. The molecule has 1 saturated carbocycles. The number of carbonyl (C=O) groups excluding carboxylic acids is 1. The van der Waals surface area contributed by atoms with E-state index in [1.54, 1.807) is 12.4 Å². The summed E-state index contributed by atoms with van der Waals surface area (Å²) in [6.07, 6.45) is 8.60. The molecule has 7 nitrogen and oxygen atoms in total. The molecule has 1 amide bonds. The summed E-state index contributed by atoms with van der Waals surface area (Å²) in [5.74, 6) is -0.0316. The van der Waals surface area contributed by atoms with Crippen LogP contribution in [-0.2, 0) is 16.0 Å². The van der Waals surface area contributed by atoms with Crippen molar-refractivity contribution in [3.05, 3.63) is 18.0 Å². The molecule has 0 bridgehead atoms. The quantitative estimate of drug-likeness (QED) is 0.879. The number of likely N-dealkylation sites (tertiary alicyclic amines) is 1. The van der Waals surface area contributed by atoms with Crippen molar-refractivity contribution >= 4 is 17.8 Å². The summed E-state index contributed by atoms with van der Waals surface area (Å²) in [5, 5.41) is 9.98. The van der Waals surface area contributed by atoms with Crippen molar-refractivity contribution in [2.45, 2.75) is 39.0 Å². The van der Waals surface area contributed by atoms with E-state index in [9.17, 15) is 14.7 Å². The zero-order valence-electron chi connectivity index (χ0n) is 15.2. The Balaban J connectivity index is 1.51. The van der Waals surface area contributed by atoms with Crippen LogP contribution in [0.15, 0.2) is 12.4 Å². The third-order valence-corrected chi connectivity index (χ3v) is 6.43. The van der Waals surface area contributed by atoms with Crippen molar-refractivity contribution in [2.24, 2.45) is 17.3 Å². The molecule has 7 heteroatoms. The number of carbonyl (C=O) groups is 2. The second-order valence-electron chi connectivity index (χ2n) is 7.98. The molecule has 0 radical (unpaired) electrons. The molecule has 4 rings (SSSR count). The van der Waals surface area contributed by atoms with Gasteiger partial charge in [0.15, 0.2) is 0 Å². The smallest absolute Gasteiger partial charge is 0.313 e. The maximum atomic E-state index is 12.8. The monoisotopic (exact) mass is 358 g/mol. The van der Waals surface area contributed by atoms with E-state index in [2.05, 4.69) is 9.97 Å². The molecule has 2 atom stereocenters. The van der Waals surface area contributed by atoms with Crippen molar-refractivity contribution in [3.8, 4) is 0 Å². The molecule has 3 aliphatic rings. The van der Waals surface area contributed by atoms with Crippen LogP contribution in [0, 0.1) is 17.3 Å². The normalized spacial score (nSPS) is 28.6. The van der Waals surface area contributed by atoms with Crippen LogP contribution in [0.2, 0.25) is 0 Å². The molecule has 3 heterocycles. The molecular formula is C19H26N4O3. The molecule has 140 valence electrons. The first-order chi connectivity index (χ1) is 12.5. The van der Waals surface area contributed by atoms with Crippen molar-refractivity contribution < 1.29 is 14.7 Å². The molecule has 3 fully saturated rings. The van der Waals surface area contributed by atoms with Gasteiger partial charge >= 0.3 is 5.97 Å². The minimum Gasteiger partial charge on any atom is -0.481 e. The highest BCUT2D eigenvalue weighted by molar-refractivity contribution is 5.83. The highest BCUT2D eigenvalue weighted by atomic mass is 16.4. The standard InChI is InChI=1S/C19H26N4O3/c1-2-13-7-20-18(21-8-13)23-10-15-9-22(11-19(15,12-23)17(25)26)16(24)14-5-3-4-6-14/h7-8,14-15H,2-6,9-12H2,1H3,(H,25,26)/t15-,19-/m1/s1. The Hall–Kier alpha value is -2.18. The number of fused-ring (bicyclic) bond motifs is 1. The van der Waals surface area contributed by atoms with Gasteiger partial charge in [-0.05, 0) is 24.8 Å². The van der Waals surface area contributed by atoms with E-state index in [1.807, 2.05) is 16.7 Å². The fraction of sp³-hybridized carbons (Fsp3) is 0.684. The summed E-state index contributed by atoms with van der Waals surface area (Å²) in [5.41, 5.74) is 0.163. The van der Waals surface area contributed by atoms with E-state index < -0.39 is 11.4 Å². The lowest BCUT2D eigenvalue weighted by Gasteiger charge is -2.26. The van der Waals surface area contributed by atoms with Crippen LogP contribution >= 0.6 is 0 Å². The first-order valence-electron chi connectivity index (χ1n) is 9.61. The van der Waals surface area contributed by atoms with Gasteiger partial charge in [-0.1, -0.05) is 19.8 Å². The highest BCUT2D eigenvalue weighted by Gasteiger charge is 2.59. The molecule has 1 aromatic heterocycles. The van der Waals surface area contributed by atoms with Crippen LogP contribution in [0.3, 0.4) is 0 Å². The van der Waals surface area contributed by atoms with Gasteiger partial charge in [-0.2, -0.15) is 0 Å². The Labute approximate surface area is 153 Å². The number of hydrogen-bond acceptors (Lipinski definition) is 5. The number of rotatable bonds is 4. The van der Waals surface area contributed by atoms with Crippen LogP contribution in [-0.4, -0.2) is 58.0 Å². The predicted octanol–water partition coefficient (Wildman–Crippen LogP) is 1.58. The molecule has 0 spiro atoms. The van der Waals surface area contributed by atoms with E-state index >= 15 is 0 Å². The highest BCUT2D eigenvalue weighted by Crippen LogP contribution is 2.44. The number of hydrogen-bond donors (Lipinski definition) is 1. The average molecular weight is 358 g/mol. The first kappa shape index (κ1) is 17.2. The van der Waals surface area contributed by atoms with Crippen LogP contribution in [0.25, 0.3) is 0 Å². The third-order valence-electron chi connectivity index (χ3n) is 6.43. The summed E-state index contributed by atoms with van der Waals surface area (Å²) in [6.45, 7) is 3.85. The summed E-state index contributed by atoms with van der Waals surface area (Å²) >= 11 is 0. The number of aromatic nitrogens is 2. The van der Waals surface area contributed by atoms with Gasteiger partial charge in [0.25, 0.3) is 0 Å². The fourth-order valence-corrected chi connectivity index (χ4v) is 4.81. The zero-order chi connectivity index (χ0) is 18.3. The Morgan fingerprint density at radius 2 is 1.88 bits per heavy atom. The fourth-order valence-electron chi connectivity index (χ4n) is 4.81. The largest absolute Gasteiger partial charge is 0.481 e. The summed E-state index contributed by atoms with van der Waals surface area (Å²) in [4.78, 5) is 37.5. The van der Waals surface area contributed by atoms with E-state index in [1.165, 1.54) is 0 Å². The van der Waals surface area contributed by atoms with Crippen molar-refractivity contribution in [3.63, 3.8) is 0 Å². The van der Waals surface area contributed by atoms with Crippen molar-refractivity contribution in [1.82, 2.24) is 14.9 Å². The number of anilines is 1. The number of nitrogens with zero attached hydrogens (tertiary/aromatic N) is 4. The molecule has 26 heavy (non-hydrogen) atoms. The van der Waals surface area contributed by atoms with Crippen molar-refractivity contribution in [1.29, 1.82) is 0 Å². The van der Waals surface area contributed by atoms with Crippen LogP contribution < -0.4 is 4.90 Å². The third kappa shape index (κ3) is 2.73. The van der Waals surface area contributed by atoms with Gasteiger partial charge in [0, 0.05) is 50.4 Å². The molecule has 0 aromatic carbocycles. The Morgan fingerprint density at radius 1 is 1.19 bits per heavy atom. The summed E-state index contributed by atoms with van der Waals surface area (Å²) in [6, 6.07) is 0. The zero-order valence-corrected chi connectivity index (χ0v) is 15.2. The number of carboxylic acids is 1. The number of aryl methyl sites for hydroxylation is 1. The minimum atomic E-state index is -0.902. The maximum absolute atomic E-state index is 12.8. The van der Waals surface area contributed by atoms with Gasteiger partial charge in [-0.15, -0.1) is 0 Å². The van der Waals surface area contributed by atoms with Gasteiger partial charge < -0.3 is 14.9 Å². The Bertz CT molecular complexity index is 701. The van der Waals surface area contributed by atoms with E-state index in [0.717, 1.165) is 37.7 Å². The van der Waals surface area contributed by atoms with Gasteiger partial charge in [0.1, 0.15) is 5.41 Å². The Morgan fingerprint density at radius 3 is 2.46 bits per heavy atom. The predicted molar refractivity (Wildman–Crippen MR) is 95.7 cm³/mol. The number of amides is 1. The molecule has 1 aliphatic carbocycles. The van der Waals surface area contributed by atoms with Gasteiger partial charge in [0.2, 0.25) is 11.9 Å². The van der Waals surface area contributed by atoms with E-state index in [0.29, 0.717) is 32.1 Å². The first-order valence-corrected chi connectivity index (χ1v) is 9.61. The maximum Gasteiger partial charge on any atom is 0.313 e. The average Bonchev–Trinajstić information content (AvgIpc) is 3.35. The topological polar surface area (TPSA) is 86.6 Å². The minimum absolute atomic E-state index is 0.0696. The van der Waals surface area contributed by atoms with Crippen LogP contribution in [0.1, 0.15) is 38.2 Å². The summed E-state index contributed by atoms with van der Waals surface area (Å²) in [7, 11) is 0. The van der Waals surface area contributed by atoms with Gasteiger partial charge in [0.05, 0.1) is 0 Å². The van der Waals surface area contributed by atoms with Gasteiger partial charge in [-0.25, -0.2) is 9.97 Å². The van der Waals surface area contributed by atoms with E-state index in [4.69, 9.17) is 0 Å². The van der Waals surface area contributed by atoms with Crippen molar-refractivity contribution in [2.75, 3.05) is 31.1 Å². The van der Waals surface area contributed by atoms with E-state index in [-0.39, 0.29) is 17.7 Å². The van der Waals surface area contributed by atoms with Crippen LogP contribution in [0.4, 0.5) is 5.95 Å². The lowest BCUT2D eigenvalue weighted by Crippen LogP contribution is -2.43. The van der Waals surface area contributed by atoms with Gasteiger partial charge in [-0.3, -0.25) is 9.59 Å². The Kier molecular flexibility index (Phi) is 4.32.